The van der Waals surface area contributed by atoms with E-state index >= 15 is 0 Å². The topological polar surface area (TPSA) is 0 Å². The van der Waals surface area contributed by atoms with Crippen LogP contribution in [0.15, 0.2) is 0 Å². The van der Waals surface area contributed by atoms with Crippen LogP contribution in [0, 0.1) is 0 Å². The standard InChI is InChI=1S/Al.Cu.Fe.Zn. The van der Waals surface area contributed by atoms with Gasteiger partial charge in [-0.1, -0.05) is 0 Å². The summed E-state index contributed by atoms with van der Waals surface area (Å²) in [5.74, 6) is 0. The zero-order chi connectivity index (χ0) is 0. The maximum absolute atomic E-state index is 0. The molecule has 0 amide bonds. The molecule has 0 unspecified atom stereocenters. The Morgan fingerprint density at radius 3 is 1.00 bits per heavy atom. The van der Waals surface area contributed by atoms with Crippen LogP contribution in [-0.4, -0.2) is 17.4 Å². The average Bonchev–Trinajstić information content (AvgIpc) is 0. The van der Waals surface area contributed by atoms with Crippen LogP contribution < -0.4 is 0 Å². The summed E-state index contributed by atoms with van der Waals surface area (Å²) in [7, 11) is 0. The molecule has 0 atom stereocenters. The third kappa shape index (κ3) is 8.89. The van der Waals surface area contributed by atoms with E-state index in [2.05, 4.69) is 0 Å². The summed E-state index contributed by atoms with van der Waals surface area (Å²) in [6.07, 6.45) is 0. The molecule has 0 heterocycles. The predicted molar refractivity (Wildman–Crippen MR) is 5.75 cm³/mol. The number of rotatable bonds is 0. The molecule has 0 fully saturated rings. The molecule has 4 radical (unpaired) electrons. The van der Waals surface area contributed by atoms with Crippen molar-refractivity contribution in [3.63, 3.8) is 0 Å². The van der Waals surface area contributed by atoms with Crippen molar-refractivity contribution in [2.24, 2.45) is 0 Å². The summed E-state index contributed by atoms with van der Waals surface area (Å²) >= 11 is 0. The first-order chi connectivity index (χ1) is 0. The Labute approximate surface area is 70.3 Å². The maximum atomic E-state index is 0. The van der Waals surface area contributed by atoms with Crippen LogP contribution >= 0.6 is 0 Å². The molecule has 0 aromatic rings. The van der Waals surface area contributed by atoms with Crippen LogP contribution in [0.3, 0.4) is 0 Å². The molecule has 0 aliphatic rings. The average molecular weight is 212 g/mol. The van der Waals surface area contributed by atoms with Gasteiger partial charge in [0.1, 0.15) is 0 Å². The van der Waals surface area contributed by atoms with Crippen LogP contribution in [0.4, 0.5) is 0 Å². The van der Waals surface area contributed by atoms with E-state index in [1.54, 1.807) is 0 Å². The normalized spacial score (nSPS) is 0. The van der Waals surface area contributed by atoms with E-state index in [0.717, 1.165) is 0 Å². The van der Waals surface area contributed by atoms with Gasteiger partial charge in [-0.05, 0) is 0 Å². The van der Waals surface area contributed by atoms with Crippen molar-refractivity contribution < 1.29 is 53.6 Å². The molecular weight excluding hydrogens is 212 g/mol. The zero-order valence-corrected chi connectivity index (χ0v) is 8.11. The van der Waals surface area contributed by atoms with Crippen LogP contribution in [0.25, 0.3) is 0 Å². The maximum Gasteiger partial charge on any atom is 0 e. The molecule has 4 heteroatoms. The van der Waals surface area contributed by atoms with Crippen LogP contribution in [-0.2, 0) is 53.6 Å². The monoisotopic (exact) mass is 210 g/mol. The summed E-state index contributed by atoms with van der Waals surface area (Å²) in [5.41, 5.74) is 0. The van der Waals surface area contributed by atoms with Crippen LogP contribution in [0.5, 0.6) is 0 Å². The molecule has 0 saturated carbocycles. The molecule has 0 aliphatic carbocycles. The number of hydrogen-bond acceptors (Lipinski definition) is 0. The summed E-state index contributed by atoms with van der Waals surface area (Å²) in [5, 5.41) is 0. The van der Waals surface area contributed by atoms with E-state index < -0.39 is 0 Å². The first kappa shape index (κ1) is 34.7. The Morgan fingerprint density at radius 2 is 1.00 bits per heavy atom. The molecule has 0 spiro atoms. The Hall–Kier alpha value is 2.19. The van der Waals surface area contributed by atoms with E-state index in [1.807, 2.05) is 0 Å². The molecule has 24 valence electrons. The summed E-state index contributed by atoms with van der Waals surface area (Å²) in [6, 6.07) is 0. The molecule has 0 rings (SSSR count). The van der Waals surface area contributed by atoms with Gasteiger partial charge in [0, 0.05) is 71.0 Å². The quantitative estimate of drug-likeness (QED) is 0.479. The van der Waals surface area contributed by atoms with Crippen molar-refractivity contribution in [3.05, 3.63) is 0 Å². The van der Waals surface area contributed by atoms with Gasteiger partial charge in [0.15, 0.2) is 0 Å². The minimum absolute atomic E-state index is 0. The van der Waals surface area contributed by atoms with E-state index in [1.165, 1.54) is 0 Å². The molecule has 0 saturated heterocycles. The first-order valence-electron chi connectivity index (χ1n) is 0. The van der Waals surface area contributed by atoms with Crippen molar-refractivity contribution in [2.45, 2.75) is 0 Å². The molecule has 0 aromatic carbocycles. The van der Waals surface area contributed by atoms with Gasteiger partial charge in [0.25, 0.3) is 0 Å². The van der Waals surface area contributed by atoms with Crippen molar-refractivity contribution in [1.82, 2.24) is 0 Å². The minimum atomic E-state index is 0. The van der Waals surface area contributed by atoms with Crippen LogP contribution in [0.2, 0.25) is 0 Å². The van der Waals surface area contributed by atoms with Crippen molar-refractivity contribution >= 4 is 17.4 Å². The van der Waals surface area contributed by atoms with Crippen molar-refractivity contribution in [3.8, 4) is 0 Å². The molecule has 0 bridgehead atoms. The predicted octanol–water partition coefficient (Wildman–Crippen LogP) is -0.388. The van der Waals surface area contributed by atoms with Gasteiger partial charge in [-0.25, -0.2) is 0 Å². The van der Waals surface area contributed by atoms with Gasteiger partial charge in [-0.15, -0.1) is 0 Å². The summed E-state index contributed by atoms with van der Waals surface area (Å²) in [6.45, 7) is 0. The number of hydrogen-bond donors (Lipinski definition) is 0. The molecule has 4 heavy (non-hydrogen) atoms. The molecule has 0 N–H and O–H groups in total. The van der Waals surface area contributed by atoms with Crippen molar-refractivity contribution in [2.75, 3.05) is 0 Å². The largest absolute Gasteiger partial charge is 0 e. The van der Waals surface area contributed by atoms with Gasteiger partial charge in [0.05, 0.1) is 0 Å². The fourth-order valence-corrected chi connectivity index (χ4v) is 0. The first-order valence-corrected chi connectivity index (χ1v) is 0. The van der Waals surface area contributed by atoms with E-state index in [9.17, 15) is 0 Å². The van der Waals surface area contributed by atoms with Crippen molar-refractivity contribution in [1.29, 1.82) is 0 Å². The summed E-state index contributed by atoms with van der Waals surface area (Å²) < 4.78 is 0. The van der Waals surface area contributed by atoms with Crippen LogP contribution in [0.1, 0.15) is 0 Å². The van der Waals surface area contributed by atoms with Gasteiger partial charge < -0.3 is 0 Å². The molecule has 0 nitrogen and oxygen atoms in total. The zero-order valence-electron chi connectivity index (χ0n) is 1.94. The summed E-state index contributed by atoms with van der Waals surface area (Å²) in [4.78, 5) is 0. The Balaban J connectivity index is 0. The Bertz CT molecular complexity index is 8.00. The van der Waals surface area contributed by atoms with E-state index in [4.69, 9.17) is 0 Å². The van der Waals surface area contributed by atoms with E-state index in [-0.39, 0.29) is 71.0 Å². The third-order valence-electron chi connectivity index (χ3n) is 0. The minimum Gasteiger partial charge on any atom is 0 e. The second kappa shape index (κ2) is 19.0. The smallest absolute Gasteiger partial charge is 0 e. The SMILES string of the molecule is [Al].[Cu].[Fe].[Zn]. The third-order valence-corrected chi connectivity index (χ3v) is 0. The second-order valence-corrected chi connectivity index (χ2v) is 0. The fraction of sp³-hybridized carbons (Fsp3) is 0. The van der Waals surface area contributed by atoms with Gasteiger partial charge >= 0.3 is 0 Å². The molecular formula is AlCuFeZn. The molecule has 0 aromatic heterocycles. The molecule has 0 aliphatic heterocycles. The van der Waals surface area contributed by atoms with Gasteiger partial charge in [-0.3, -0.25) is 0 Å². The van der Waals surface area contributed by atoms with Gasteiger partial charge in [-0.2, -0.15) is 0 Å². The second-order valence-electron chi connectivity index (χ2n) is 0. The Kier molecular flexibility index (Phi) is 165. The van der Waals surface area contributed by atoms with E-state index in [0.29, 0.717) is 0 Å². The van der Waals surface area contributed by atoms with Gasteiger partial charge in [0.2, 0.25) is 0 Å². The fourth-order valence-electron chi connectivity index (χ4n) is 0. The Morgan fingerprint density at radius 1 is 1.00 bits per heavy atom.